The average Bonchev–Trinajstić information content (AvgIpc) is 3.34. The Balaban J connectivity index is 0.00000280. The second-order valence-electron chi connectivity index (χ2n) is 7.05. The van der Waals surface area contributed by atoms with Gasteiger partial charge in [0.25, 0.3) is 0 Å². The standard InChI is InChI=1S/C20H29N5O2.HI/c1-14(2)17-11-16(27-24-17)12-22-20(21-3)23-15-9-10-25(13-15)18-7-5-6-8-19(18)26-4;/h5-8,11,14-15H,9-10,12-13H2,1-4H3,(H2,21,22,23);1H. The number of hydrogen-bond acceptors (Lipinski definition) is 5. The highest BCUT2D eigenvalue weighted by Crippen LogP contribution is 2.30. The van der Waals surface area contributed by atoms with Crippen LogP contribution in [0, 0.1) is 0 Å². The van der Waals surface area contributed by atoms with E-state index >= 15 is 0 Å². The molecule has 1 fully saturated rings. The summed E-state index contributed by atoms with van der Waals surface area (Å²) >= 11 is 0. The molecule has 2 N–H and O–H groups in total. The molecule has 0 saturated carbocycles. The van der Waals surface area contributed by atoms with Crippen molar-refractivity contribution in [3.05, 3.63) is 41.8 Å². The maximum absolute atomic E-state index is 5.49. The highest BCUT2D eigenvalue weighted by Gasteiger charge is 2.25. The topological polar surface area (TPSA) is 74.9 Å². The van der Waals surface area contributed by atoms with Gasteiger partial charge in [-0.15, -0.1) is 24.0 Å². The highest BCUT2D eigenvalue weighted by atomic mass is 127. The van der Waals surface area contributed by atoms with Gasteiger partial charge in [0.05, 0.1) is 25.0 Å². The fourth-order valence-corrected chi connectivity index (χ4v) is 3.23. The van der Waals surface area contributed by atoms with Crippen LogP contribution in [-0.4, -0.2) is 44.4 Å². The Morgan fingerprint density at radius 1 is 1.39 bits per heavy atom. The van der Waals surface area contributed by atoms with E-state index in [1.807, 2.05) is 24.3 Å². The summed E-state index contributed by atoms with van der Waals surface area (Å²) in [5.74, 6) is 2.85. The molecular weight excluding hydrogens is 469 g/mol. The fraction of sp³-hybridized carbons (Fsp3) is 0.500. The van der Waals surface area contributed by atoms with Gasteiger partial charge in [-0.25, -0.2) is 0 Å². The Kier molecular flexibility index (Phi) is 8.40. The molecule has 1 aliphatic rings. The molecule has 1 aliphatic heterocycles. The van der Waals surface area contributed by atoms with Crippen molar-refractivity contribution in [2.24, 2.45) is 4.99 Å². The average molecular weight is 499 g/mol. The Labute approximate surface area is 183 Å². The maximum atomic E-state index is 5.49. The van der Waals surface area contributed by atoms with Gasteiger partial charge in [0.15, 0.2) is 11.7 Å². The van der Waals surface area contributed by atoms with Gasteiger partial charge in [-0.2, -0.15) is 0 Å². The number of nitrogens with one attached hydrogen (secondary N) is 2. The summed E-state index contributed by atoms with van der Waals surface area (Å²) in [5.41, 5.74) is 2.10. The summed E-state index contributed by atoms with van der Waals surface area (Å²) in [4.78, 5) is 6.67. The number of methoxy groups -OCH3 is 1. The number of rotatable bonds is 6. The number of halogens is 1. The third kappa shape index (κ3) is 5.52. The number of aliphatic imine (C=N–C) groups is 1. The number of guanidine groups is 1. The maximum Gasteiger partial charge on any atom is 0.191 e. The summed E-state index contributed by atoms with van der Waals surface area (Å²) in [6.45, 7) is 6.64. The number of para-hydroxylation sites is 2. The Morgan fingerprint density at radius 3 is 2.86 bits per heavy atom. The minimum atomic E-state index is 0. The molecule has 0 spiro atoms. The fourth-order valence-electron chi connectivity index (χ4n) is 3.23. The van der Waals surface area contributed by atoms with Gasteiger partial charge in [-0.05, 0) is 24.5 Å². The van der Waals surface area contributed by atoms with Crippen molar-refractivity contribution in [2.75, 3.05) is 32.1 Å². The van der Waals surface area contributed by atoms with Crippen LogP contribution in [0.1, 0.15) is 37.6 Å². The monoisotopic (exact) mass is 499 g/mol. The Morgan fingerprint density at radius 2 is 2.18 bits per heavy atom. The normalized spacial score (nSPS) is 16.8. The van der Waals surface area contributed by atoms with E-state index in [0.717, 1.165) is 48.4 Å². The molecule has 154 valence electrons. The molecule has 7 nitrogen and oxygen atoms in total. The second kappa shape index (κ2) is 10.5. The molecule has 0 aliphatic carbocycles. The Bertz CT molecular complexity index is 777. The van der Waals surface area contributed by atoms with E-state index < -0.39 is 0 Å². The lowest BCUT2D eigenvalue weighted by molar-refractivity contribution is 0.371. The first kappa shape index (κ1) is 22.3. The third-order valence-corrected chi connectivity index (χ3v) is 4.78. The zero-order valence-electron chi connectivity index (χ0n) is 16.9. The first-order valence-electron chi connectivity index (χ1n) is 9.41. The molecule has 0 radical (unpaired) electrons. The number of ether oxygens (including phenoxy) is 1. The van der Waals surface area contributed by atoms with Crippen LogP contribution in [0.5, 0.6) is 5.75 Å². The van der Waals surface area contributed by atoms with Crippen molar-refractivity contribution in [3.8, 4) is 5.75 Å². The number of aromatic nitrogens is 1. The summed E-state index contributed by atoms with van der Waals surface area (Å²) < 4.78 is 10.9. The summed E-state index contributed by atoms with van der Waals surface area (Å²) in [6, 6.07) is 10.5. The van der Waals surface area contributed by atoms with E-state index in [2.05, 4.69) is 45.6 Å². The molecular formula is C20H30IN5O2. The number of nitrogens with zero attached hydrogens (tertiary/aromatic N) is 3. The lowest BCUT2D eigenvalue weighted by Gasteiger charge is -2.22. The quantitative estimate of drug-likeness (QED) is 0.361. The van der Waals surface area contributed by atoms with E-state index in [0.29, 0.717) is 18.5 Å². The number of benzene rings is 1. The summed E-state index contributed by atoms with van der Waals surface area (Å²) in [5, 5.41) is 10.9. The van der Waals surface area contributed by atoms with Crippen molar-refractivity contribution in [1.82, 2.24) is 15.8 Å². The van der Waals surface area contributed by atoms with Crippen LogP contribution in [-0.2, 0) is 6.54 Å². The zero-order valence-corrected chi connectivity index (χ0v) is 19.3. The molecule has 8 heteroatoms. The lowest BCUT2D eigenvalue weighted by atomic mass is 10.1. The minimum Gasteiger partial charge on any atom is -0.495 e. The predicted octanol–water partition coefficient (Wildman–Crippen LogP) is 3.37. The Hall–Kier alpha value is -1.97. The lowest BCUT2D eigenvalue weighted by Crippen LogP contribution is -2.44. The SMILES string of the molecule is CN=C(NCc1cc(C(C)C)no1)NC1CCN(c2ccccc2OC)C1.I. The van der Waals surface area contributed by atoms with E-state index in [1.165, 1.54) is 0 Å². The second-order valence-corrected chi connectivity index (χ2v) is 7.05. The van der Waals surface area contributed by atoms with E-state index in [-0.39, 0.29) is 24.0 Å². The van der Waals surface area contributed by atoms with Crippen LogP contribution in [0.25, 0.3) is 0 Å². The van der Waals surface area contributed by atoms with Crippen LogP contribution < -0.4 is 20.3 Å². The van der Waals surface area contributed by atoms with Crippen LogP contribution in [0.2, 0.25) is 0 Å². The molecule has 1 atom stereocenters. The molecule has 0 amide bonds. The molecule has 1 unspecified atom stereocenters. The van der Waals surface area contributed by atoms with Gasteiger partial charge in [0.2, 0.25) is 0 Å². The predicted molar refractivity (Wildman–Crippen MR) is 123 cm³/mol. The van der Waals surface area contributed by atoms with Gasteiger partial charge in [0.1, 0.15) is 5.75 Å². The first-order valence-corrected chi connectivity index (χ1v) is 9.41. The molecule has 1 aromatic carbocycles. The summed E-state index contributed by atoms with van der Waals surface area (Å²) in [7, 11) is 3.49. The molecule has 0 bridgehead atoms. The molecule has 1 aromatic heterocycles. The van der Waals surface area contributed by atoms with Gasteiger partial charge >= 0.3 is 0 Å². The van der Waals surface area contributed by atoms with Crippen molar-refractivity contribution in [1.29, 1.82) is 0 Å². The highest BCUT2D eigenvalue weighted by molar-refractivity contribution is 14.0. The minimum absolute atomic E-state index is 0. The van der Waals surface area contributed by atoms with Crippen LogP contribution in [0.3, 0.4) is 0 Å². The van der Waals surface area contributed by atoms with Crippen LogP contribution in [0.15, 0.2) is 39.8 Å². The molecule has 2 aromatic rings. The van der Waals surface area contributed by atoms with Crippen LogP contribution >= 0.6 is 24.0 Å². The number of hydrogen-bond donors (Lipinski definition) is 2. The molecule has 2 heterocycles. The van der Waals surface area contributed by atoms with Crippen molar-refractivity contribution >= 4 is 35.6 Å². The van der Waals surface area contributed by atoms with Crippen LogP contribution in [0.4, 0.5) is 5.69 Å². The number of anilines is 1. The van der Waals surface area contributed by atoms with Gasteiger partial charge in [-0.1, -0.05) is 31.1 Å². The van der Waals surface area contributed by atoms with E-state index in [1.54, 1.807) is 14.2 Å². The van der Waals surface area contributed by atoms with Gasteiger partial charge < -0.3 is 24.8 Å². The van der Waals surface area contributed by atoms with Crippen molar-refractivity contribution in [3.63, 3.8) is 0 Å². The van der Waals surface area contributed by atoms with Gasteiger partial charge in [0, 0.05) is 32.2 Å². The van der Waals surface area contributed by atoms with E-state index in [4.69, 9.17) is 9.26 Å². The molecule has 1 saturated heterocycles. The molecule has 3 rings (SSSR count). The summed E-state index contributed by atoms with van der Waals surface area (Å²) in [6.07, 6.45) is 1.04. The van der Waals surface area contributed by atoms with Crippen molar-refractivity contribution < 1.29 is 9.26 Å². The smallest absolute Gasteiger partial charge is 0.191 e. The largest absolute Gasteiger partial charge is 0.495 e. The zero-order chi connectivity index (χ0) is 19.2. The molecule has 28 heavy (non-hydrogen) atoms. The van der Waals surface area contributed by atoms with Gasteiger partial charge in [-0.3, -0.25) is 4.99 Å². The van der Waals surface area contributed by atoms with E-state index in [9.17, 15) is 0 Å². The first-order chi connectivity index (χ1) is 13.1. The third-order valence-electron chi connectivity index (χ3n) is 4.78. The van der Waals surface area contributed by atoms with Crippen molar-refractivity contribution in [2.45, 2.75) is 38.8 Å².